The van der Waals surface area contributed by atoms with E-state index in [1.807, 2.05) is 58.6 Å². The quantitative estimate of drug-likeness (QED) is 0.324. The monoisotopic (exact) mass is 323 g/mol. The maximum absolute atomic E-state index is 7.43. The van der Waals surface area contributed by atoms with E-state index < -0.39 is 0 Å². The first-order valence-electron chi connectivity index (χ1n) is 7.98. The smallest absolute Gasteiger partial charge is 0.244 e. The Labute approximate surface area is 144 Å². The van der Waals surface area contributed by atoms with Crippen LogP contribution in [0, 0.1) is 12.9 Å². The Balaban J connectivity index is 1.92. The summed E-state index contributed by atoms with van der Waals surface area (Å²) in [6.45, 7) is 7.43. The second kappa shape index (κ2) is 4.96. The Morgan fingerprint density at radius 2 is 1.88 bits per heavy atom. The molecular formula is C21H13N3O. The van der Waals surface area contributed by atoms with E-state index in [1.165, 1.54) is 0 Å². The van der Waals surface area contributed by atoms with E-state index in [0.717, 1.165) is 38.7 Å². The van der Waals surface area contributed by atoms with Crippen molar-refractivity contribution in [3.8, 4) is 5.69 Å². The Hall–Kier alpha value is -3.58. The number of hydrogen-bond donors (Lipinski definition) is 0. The summed E-state index contributed by atoms with van der Waals surface area (Å²) >= 11 is 0. The minimum atomic E-state index is 0.615. The zero-order valence-corrected chi connectivity index (χ0v) is 13.5. The van der Waals surface area contributed by atoms with E-state index in [-0.39, 0.29) is 0 Å². The van der Waals surface area contributed by atoms with E-state index in [9.17, 15) is 0 Å². The van der Waals surface area contributed by atoms with Gasteiger partial charge in [0.05, 0.1) is 30.3 Å². The number of benzene rings is 3. The van der Waals surface area contributed by atoms with Gasteiger partial charge in [0.25, 0.3) is 0 Å². The average Bonchev–Trinajstić information content (AvgIpc) is 3.18. The minimum Gasteiger partial charge on any atom is -0.458 e. The molecule has 0 saturated heterocycles. The molecule has 0 aliphatic rings. The van der Waals surface area contributed by atoms with Gasteiger partial charge in [-0.2, -0.15) is 0 Å². The highest BCUT2D eigenvalue weighted by Gasteiger charge is 2.14. The number of fused-ring (bicyclic) bond motifs is 4. The molecule has 0 fully saturated rings. The number of para-hydroxylation sites is 1. The first-order chi connectivity index (χ1) is 12.3. The number of aryl methyl sites for hydroxylation is 1. The second-order valence-electron chi connectivity index (χ2n) is 6.03. The fraction of sp³-hybridized carbons (Fsp3) is 0.0476. The van der Waals surface area contributed by atoms with Crippen LogP contribution in [-0.2, 0) is 7.05 Å². The van der Waals surface area contributed by atoms with Crippen LogP contribution in [0.5, 0.6) is 0 Å². The minimum absolute atomic E-state index is 0.615. The Morgan fingerprint density at radius 1 is 1.04 bits per heavy atom. The summed E-state index contributed by atoms with van der Waals surface area (Å²) in [5.74, 6) is 0. The van der Waals surface area contributed by atoms with E-state index in [2.05, 4.69) is 29.4 Å². The SMILES string of the molecule is [C-]#[N+]c1cccc2oc3cc4c(cc3c12)[n+](C)[c-]n4-c1ccccc1. The van der Waals surface area contributed by atoms with Crippen LogP contribution in [-0.4, -0.2) is 4.57 Å². The molecule has 0 aliphatic carbocycles. The lowest BCUT2D eigenvalue weighted by molar-refractivity contribution is -0.649. The van der Waals surface area contributed by atoms with Crippen LogP contribution in [0.25, 0.3) is 43.5 Å². The molecule has 4 nitrogen and oxygen atoms in total. The van der Waals surface area contributed by atoms with Gasteiger partial charge in [0.2, 0.25) is 6.33 Å². The van der Waals surface area contributed by atoms with Gasteiger partial charge >= 0.3 is 0 Å². The van der Waals surface area contributed by atoms with Crippen molar-refractivity contribution in [2.24, 2.45) is 7.05 Å². The Morgan fingerprint density at radius 3 is 2.68 bits per heavy atom. The van der Waals surface area contributed by atoms with Gasteiger partial charge in [-0.3, -0.25) is 0 Å². The van der Waals surface area contributed by atoms with E-state index in [0.29, 0.717) is 5.69 Å². The second-order valence-corrected chi connectivity index (χ2v) is 6.03. The van der Waals surface area contributed by atoms with Gasteiger partial charge in [0, 0.05) is 10.8 Å². The molecule has 5 rings (SSSR count). The van der Waals surface area contributed by atoms with Crippen molar-refractivity contribution in [2.45, 2.75) is 0 Å². The molecule has 0 atom stereocenters. The lowest BCUT2D eigenvalue weighted by Gasteiger charge is -2.04. The molecule has 0 saturated carbocycles. The first kappa shape index (κ1) is 13.8. The van der Waals surface area contributed by atoms with Crippen LogP contribution in [0.15, 0.2) is 65.1 Å². The predicted molar refractivity (Wildman–Crippen MR) is 96.8 cm³/mol. The van der Waals surface area contributed by atoms with Crippen LogP contribution >= 0.6 is 0 Å². The van der Waals surface area contributed by atoms with E-state index in [4.69, 9.17) is 11.0 Å². The van der Waals surface area contributed by atoms with Crippen molar-refractivity contribution < 1.29 is 8.98 Å². The number of imidazole rings is 1. The first-order valence-corrected chi connectivity index (χ1v) is 7.98. The molecule has 118 valence electrons. The average molecular weight is 323 g/mol. The lowest BCUT2D eigenvalue weighted by Crippen LogP contribution is -2.26. The third-order valence-corrected chi connectivity index (χ3v) is 4.56. The van der Waals surface area contributed by atoms with Gasteiger partial charge in [-0.25, -0.2) is 4.85 Å². The standard InChI is InChI=1S/C21H13N3O/c1-22-16-9-6-10-19-21(16)15-11-17-18(12-20(15)25-19)24(13-23(17)2)14-7-4-3-5-8-14/h3-12H,2H3. The molecule has 2 aromatic heterocycles. The summed E-state index contributed by atoms with van der Waals surface area (Å²) in [6, 6.07) is 19.8. The Bertz CT molecular complexity index is 1300. The van der Waals surface area contributed by atoms with Gasteiger partial charge in [-0.05, 0) is 12.1 Å². The highest BCUT2D eigenvalue weighted by Crippen LogP contribution is 2.37. The highest BCUT2D eigenvalue weighted by atomic mass is 16.3. The van der Waals surface area contributed by atoms with Gasteiger partial charge in [0.1, 0.15) is 11.2 Å². The van der Waals surface area contributed by atoms with Gasteiger partial charge in [-0.15, -0.1) is 0 Å². The zero-order chi connectivity index (χ0) is 17.0. The molecule has 0 N–H and O–H groups in total. The molecule has 0 unspecified atom stereocenters. The molecular weight excluding hydrogens is 310 g/mol. The van der Waals surface area contributed by atoms with Crippen molar-refractivity contribution in [2.75, 3.05) is 0 Å². The van der Waals surface area contributed by atoms with Crippen LogP contribution in [0.3, 0.4) is 0 Å². The fourth-order valence-electron chi connectivity index (χ4n) is 3.40. The summed E-state index contributed by atoms with van der Waals surface area (Å²) in [5.41, 5.74) is 5.25. The normalized spacial score (nSPS) is 11.4. The molecule has 0 bridgehead atoms. The predicted octanol–water partition coefficient (Wildman–Crippen LogP) is 4.71. The number of aromatic nitrogens is 2. The maximum atomic E-state index is 7.43. The molecule has 4 heteroatoms. The molecule has 0 amide bonds. The van der Waals surface area contributed by atoms with Crippen molar-refractivity contribution >= 4 is 38.7 Å². The summed E-state index contributed by atoms with van der Waals surface area (Å²) in [5, 5.41) is 1.84. The summed E-state index contributed by atoms with van der Waals surface area (Å²) < 4.78 is 10.0. The fourth-order valence-corrected chi connectivity index (χ4v) is 3.40. The number of furan rings is 1. The largest absolute Gasteiger partial charge is 0.458 e. The van der Waals surface area contributed by atoms with Crippen molar-refractivity contribution in [1.29, 1.82) is 0 Å². The number of nitrogens with zero attached hydrogens (tertiary/aromatic N) is 3. The van der Waals surface area contributed by atoms with Crippen molar-refractivity contribution in [3.63, 3.8) is 0 Å². The molecule has 5 aromatic rings. The zero-order valence-electron chi connectivity index (χ0n) is 13.5. The van der Waals surface area contributed by atoms with Crippen LogP contribution in [0.4, 0.5) is 5.69 Å². The molecule has 3 aromatic carbocycles. The van der Waals surface area contributed by atoms with E-state index in [1.54, 1.807) is 0 Å². The van der Waals surface area contributed by atoms with Crippen LogP contribution in [0.1, 0.15) is 0 Å². The number of rotatable bonds is 1. The van der Waals surface area contributed by atoms with Gasteiger partial charge in [-0.1, -0.05) is 48.5 Å². The number of hydrogen-bond acceptors (Lipinski definition) is 1. The molecule has 0 radical (unpaired) electrons. The summed E-state index contributed by atoms with van der Waals surface area (Å²) in [4.78, 5) is 3.65. The van der Waals surface area contributed by atoms with Crippen LogP contribution in [0.2, 0.25) is 0 Å². The highest BCUT2D eigenvalue weighted by molar-refractivity contribution is 6.14. The molecule has 0 spiro atoms. The Kier molecular flexibility index (Phi) is 2.74. The molecule has 2 heterocycles. The van der Waals surface area contributed by atoms with Gasteiger partial charge in [0.15, 0.2) is 5.69 Å². The van der Waals surface area contributed by atoms with Crippen molar-refractivity contribution in [3.05, 3.63) is 78.4 Å². The summed E-state index contributed by atoms with van der Waals surface area (Å²) in [7, 11) is 1.98. The maximum Gasteiger partial charge on any atom is 0.244 e. The topological polar surface area (TPSA) is 26.3 Å². The third-order valence-electron chi connectivity index (χ3n) is 4.56. The summed E-state index contributed by atoms with van der Waals surface area (Å²) in [6.07, 6.45) is 3.34. The molecule has 0 aliphatic heterocycles. The molecule has 25 heavy (non-hydrogen) atoms. The lowest BCUT2D eigenvalue weighted by atomic mass is 10.1. The van der Waals surface area contributed by atoms with E-state index >= 15 is 0 Å². The van der Waals surface area contributed by atoms with Crippen LogP contribution < -0.4 is 4.57 Å². The third kappa shape index (κ3) is 1.90. The van der Waals surface area contributed by atoms with Crippen molar-refractivity contribution in [1.82, 2.24) is 4.57 Å². The van der Waals surface area contributed by atoms with Gasteiger partial charge < -0.3 is 13.6 Å².